The van der Waals surface area contributed by atoms with Gasteiger partial charge in [0.05, 0.1) is 12.7 Å². The first kappa shape index (κ1) is 26.3. The van der Waals surface area contributed by atoms with Crippen molar-refractivity contribution < 1.29 is 28.9 Å². The molecule has 2 amide bonds. The number of phenolic OH excluding ortho intramolecular Hbond substituents is 1. The van der Waals surface area contributed by atoms with E-state index in [2.05, 4.69) is 25.8 Å². The summed E-state index contributed by atoms with van der Waals surface area (Å²) in [7, 11) is 1.48. The number of nitrogens with zero attached hydrogens (tertiary/aromatic N) is 2. The van der Waals surface area contributed by atoms with Gasteiger partial charge in [0.1, 0.15) is 23.4 Å². The zero-order valence-corrected chi connectivity index (χ0v) is 21.7. The Bertz CT molecular complexity index is 1160. The number of aromatic nitrogens is 2. The van der Waals surface area contributed by atoms with Gasteiger partial charge < -0.3 is 30.0 Å². The molecule has 0 aliphatic heterocycles. The lowest BCUT2D eigenvalue weighted by molar-refractivity contribution is -0.118. The molecule has 0 radical (unpaired) electrons. The Balaban J connectivity index is 1.30. The van der Waals surface area contributed by atoms with Gasteiger partial charge in [0.25, 0.3) is 5.91 Å². The first-order valence-corrected chi connectivity index (χ1v) is 12.5. The highest BCUT2D eigenvalue weighted by Gasteiger charge is 2.40. The van der Waals surface area contributed by atoms with E-state index >= 15 is 0 Å². The SMILES string of the molecule is COc1cc(O)c(C=NC(C)C)c(OCC(=O)Nc2cc([C@H]3CC[C@@H](OC(=O)NC4(C)CC4)C3)[nH]n2)c1. The van der Waals surface area contributed by atoms with E-state index in [4.69, 9.17) is 14.2 Å². The first-order valence-electron chi connectivity index (χ1n) is 12.5. The van der Waals surface area contributed by atoms with Gasteiger partial charge in [0.15, 0.2) is 12.4 Å². The molecule has 2 aliphatic rings. The summed E-state index contributed by atoms with van der Waals surface area (Å²) >= 11 is 0. The summed E-state index contributed by atoms with van der Waals surface area (Å²) in [6, 6.07) is 4.86. The number of phenols is 1. The molecule has 11 nitrogen and oxygen atoms in total. The van der Waals surface area contributed by atoms with Gasteiger partial charge in [-0.15, -0.1) is 0 Å². The molecule has 37 heavy (non-hydrogen) atoms. The van der Waals surface area contributed by atoms with Crippen LogP contribution in [0.3, 0.4) is 0 Å². The highest BCUT2D eigenvalue weighted by Crippen LogP contribution is 2.37. The van der Waals surface area contributed by atoms with Crippen LogP contribution in [0.5, 0.6) is 17.2 Å². The lowest BCUT2D eigenvalue weighted by atomic mass is 10.0. The summed E-state index contributed by atoms with van der Waals surface area (Å²) in [6.07, 6.45) is 5.31. The molecule has 1 heterocycles. The van der Waals surface area contributed by atoms with Gasteiger partial charge in [0, 0.05) is 47.6 Å². The molecule has 200 valence electrons. The zero-order valence-electron chi connectivity index (χ0n) is 21.7. The fourth-order valence-electron chi connectivity index (χ4n) is 4.18. The largest absolute Gasteiger partial charge is 0.507 e. The Kier molecular flexibility index (Phi) is 7.89. The fourth-order valence-corrected chi connectivity index (χ4v) is 4.18. The second kappa shape index (κ2) is 11.1. The van der Waals surface area contributed by atoms with E-state index in [1.807, 2.05) is 20.8 Å². The number of aromatic hydroxyl groups is 1. The number of amides is 2. The van der Waals surface area contributed by atoms with Crippen LogP contribution in [0, 0.1) is 0 Å². The van der Waals surface area contributed by atoms with Gasteiger partial charge in [-0.05, 0) is 52.9 Å². The first-order chi connectivity index (χ1) is 17.6. The van der Waals surface area contributed by atoms with E-state index in [-0.39, 0.29) is 47.8 Å². The van der Waals surface area contributed by atoms with Crippen molar-refractivity contribution in [3.63, 3.8) is 0 Å². The van der Waals surface area contributed by atoms with E-state index < -0.39 is 5.91 Å². The maximum Gasteiger partial charge on any atom is 0.407 e. The minimum atomic E-state index is -0.412. The third-order valence-corrected chi connectivity index (χ3v) is 6.56. The average Bonchev–Trinajstić information content (AvgIpc) is 3.20. The maximum absolute atomic E-state index is 12.5. The third kappa shape index (κ3) is 7.14. The number of carbonyl (C=O) groups is 2. The number of hydrogen-bond donors (Lipinski definition) is 4. The van der Waals surface area contributed by atoms with Crippen molar-refractivity contribution in [3.05, 3.63) is 29.5 Å². The number of hydrogen-bond acceptors (Lipinski definition) is 8. The number of alkyl carbamates (subject to hydrolysis) is 1. The van der Waals surface area contributed by atoms with Crippen LogP contribution in [0.4, 0.5) is 10.6 Å². The van der Waals surface area contributed by atoms with Crippen molar-refractivity contribution >= 4 is 24.0 Å². The standard InChI is InChI=1S/C26H35N5O6/c1-15(2)27-13-19-21(32)10-18(35-4)11-22(19)36-14-24(33)28-23-12-20(30-31-23)16-5-6-17(9-16)37-25(34)29-26(3)7-8-26/h10-13,15-17,32H,5-9,14H2,1-4H3,(H,29,34)(H2,28,30,31,33)/t16-,17+/m0/s1. The average molecular weight is 514 g/mol. The second-order valence-corrected chi connectivity index (χ2v) is 10.2. The molecule has 0 bridgehead atoms. The monoisotopic (exact) mass is 513 g/mol. The van der Waals surface area contributed by atoms with Crippen LogP contribution in [0.15, 0.2) is 23.2 Å². The predicted octanol–water partition coefficient (Wildman–Crippen LogP) is 3.88. The number of nitrogens with one attached hydrogen (secondary N) is 3. The Hall–Kier alpha value is -3.76. The third-order valence-electron chi connectivity index (χ3n) is 6.56. The Labute approximate surface area is 216 Å². The molecule has 2 fully saturated rings. The van der Waals surface area contributed by atoms with E-state index in [9.17, 15) is 14.7 Å². The molecule has 2 aromatic rings. The van der Waals surface area contributed by atoms with E-state index in [0.29, 0.717) is 23.6 Å². The normalized spacial score (nSPS) is 20.1. The molecule has 0 saturated heterocycles. The molecule has 0 spiro atoms. The number of aliphatic imine (C=N–C) groups is 1. The number of ether oxygens (including phenoxy) is 3. The fraction of sp³-hybridized carbons (Fsp3) is 0.538. The molecule has 11 heteroatoms. The Morgan fingerprint density at radius 3 is 2.78 bits per heavy atom. The molecular weight excluding hydrogens is 478 g/mol. The molecule has 2 aliphatic carbocycles. The van der Waals surface area contributed by atoms with Gasteiger partial charge in [-0.3, -0.25) is 14.9 Å². The van der Waals surface area contributed by atoms with Gasteiger partial charge in [-0.25, -0.2) is 4.79 Å². The number of carbonyl (C=O) groups excluding carboxylic acids is 2. The Morgan fingerprint density at radius 2 is 2.08 bits per heavy atom. The zero-order chi connectivity index (χ0) is 26.6. The molecule has 4 rings (SSSR count). The number of aromatic amines is 1. The Morgan fingerprint density at radius 1 is 1.30 bits per heavy atom. The van der Waals surface area contributed by atoms with E-state index in [1.54, 1.807) is 12.1 Å². The minimum Gasteiger partial charge on any atom is -0.507 e. The van der Waals surface area contributed by atoms with Crippen LogP contribution in [0.25, 0.3) is 0 Å². The number of benzene rings is 1. The molecule has 4 N–H and O–H groups in total. The molecule has 0 unspecified atom stereocenters. The summed E-state index contributed by atoms with van der Waals surface area (Å²) in [5.74, 6) is 0.730. The molecule has 2 atom stereocenters. The molecule has 2 saturated carbocycles. The van der Waals surface area contributed by atoms with Crippen molar-refractivity contribution in [3.8, 4) is 17.2 Å². The topological polar surface area (TPSA) is 147 Å². The van der Waals surface area contributed by atoms with Gasteiger partial charge in [-0.1, -0.05) is 0 Å². The maximum atomic E-state index is 12.5. The summed E-state index contributed by atoms with van der Waals surface area (Å²) in [6.45, 7) is 5.53. The summed E-state index contributed by atoms with van der Waals surface area (Å²) < 4.78 is 16.5. The van der Waals surface area contributed by atoms with Gasteiger partial charge in [0.2, 0.25) is 0 Å². The van der Waals surface area contributed by atoms with E-state index in [0.717, 1.165) is 31.4 Å². The number of H-pyrrole nitrogens is 1. The van der Waals surface area contributed by atoms with Crippen LogP contribution in [-0.4, -0.2) is 64.9 Å². The smallest absolute Gasteiger partial charge is 0.407 e. The van der Waals surface area contributed by atoms with E-state index in [1.165, 1.54) is 19.4 Å². The van der Waals surface area contributed by atoms with Crippen molar-refractivity contribution in [2.24, 2.45) is 4.99 Å². The van der Waals surface area contributed by atoms with Gasteiger partial charge in [-0.2, -0.15) is 5.10 Å². The minimum absolute atomic E-state index is 0.0246. The van der Waals surface area contributed by atoms with Crippen LogP contribution < -0.4 is 20.1 Å². The summed E-state index contributed by atoms with van der Waals surface area (Å²) in [4.78, 5) is 28.9. The predicted molar refractivity (Wildman–Crippen MR) is 138 cm³/mol. The van der Waals surface area contributed by atoms with Crippen LogP contribution in [-0.2, 0) is 9.53 Å². The van der Waals surface area contributed by atoms with Gasteiger partial charge >= 0.3 is 6.09 Å². The lowest BCUT2D eigenvalue weighted by Gasteiger charge is -2.16. The number of rotatable bonds is 10. The van der Waals surface area contributed by atoms with Crippen molar-refractivity contribution in [1.82, 2.24) is 15.5 Å². The highest BCUT2D eigenvalue weighted by atomic mass is 16.6. The van der Waals surface area contributed by atoms with Crippen molar-refractivity contribution in [2.45, 2.75) is 76.5 Å². The van der Waals surface area contributed by atoms with Crippen molar-refractivity contribution in [1.29, 1.82) is 0 Å². The number of anilines is 1. The van der Waals surface area contributed by atoms with Crippen LogP contribution in [0.2, 0.25) is 0 Å². The summed E-state index contributed by atoms with van der Waals surface area (Å²) in [5.41, 5.74) is 1.13. The highest BCUT2D eigenvalue weighted by molar-refractivity contribution is 5.92. The number of methoxy groups -OCH3 is 1. The van der Waals surface area contributed by atoms with Crippen LogP contribution >= 0.6 is 0 Å². The quantitative estimate of drug-likeness (QED) is 0.352. The summed E-state index contributed by atoms with van der Waals surface area (Å²) in [5, 5.41) is 23.2. The molecule has 1 aromatic heterocycles. The van der Waals surface area contributed by atoms with Crippen molar-refractivity contribution in [2.75, 3.05) is 19.0 Å². The van der Waals surface area contributed by atoms with Crippen LogP contribution in [0.1, 0.15) is 70.1 Å². The second-order valence-electron chi connectivity index (χ2n) is 10.2. The molecule has 1 aromatic carbocycles. The lowest BCUT2D eigenvalue weighted by Crippen LogP contribution is -2.36. The molecular formula is C26H35N5O6.